The lowest BCUT2D eigenvalue weighted by Gasteiger charge is -2.09. The topological polar surface area (TPSA) is 79.9 Å². The molecule has 4 rings (SSSR count). The molecule has 24 heavy (non-hydrogen) atoms. The molecule has 0 radical (unpaired) electrons. The quantitative estimate of drug-likeness (QED) is 0.574. The molecule has 122 valence electrons. The summed E-state index contributed by atoms with van der Waals surface area (Å²) in [5, 5.41) is 5.33. The minimum absolute atomic E-state index is 0.639. The summed E-state index contributed by atoms with van der Waals surface area (Å²) in [6.07, 6.45) is 3.27. The summed E-state index contributed by atoms with van der Waals surface area (Å²) in [4.78, 5) is 13.2. The fourth-order valence-electron chi connectivity index (χ4n) is 2.95. The second-order valence-electron chi connectivity index (χ2n) is 5.42. The van der Waals surface area contributed by atoms with Crippen molar-refractivity contribution in [3.63, 3.8) is 0 Å². The number of benzene rings is 1. The standard InChI is InChI=1S/C16H16N6O2/c1-9-14-15(21(2)20-9)17-7-18-16(14)22-8-19-10-5-12(23-3)13(24-4)6-11(10)22/h5-8H,1-4H3. The van der Waals surface area contributed by atoms with E-state index in [0.717, 1.165) is 33.6 Å². The van der Waals surface area contributed by atoms with Crippen molar-refractivity contribution < 1.29 is 9.47 Å². The zero-order valence-electron chi connectivity index (χ0n) is 13.8. The number of ether oxygens (including phenoxy) is 2. The van der Waals surface area contributed by atoms with E-state index in [1.165, 1.54) is 6.33 Å². The molecule has 0 saturated carbocycles. The molecule has 0 aliphatic rings. The maximum atomic E-state index is 5.40. The number of fused-ring (bicyclic) bond motifs is 2. The van der Waals surface area contributed by atoms with E-state index in [4.69, 9.17) is 9.47 Å². The Kier molecular flexibility index (Phi) is 3.12. The van der Waals surface area contributed by atoms with Crippen LogP contribution in [0.1, 0.15) is 5.69 Å². The van der Waals surface area contributed by atoms with E-state index in [2.05, 4.69) is 20.1 Å². The largest absolute Gasteiger partial charge is 0.493 e. The number of aromatic nitrogens is 6. The Morgan fingerprint density at radius 1 is 1.00 bits per heavy atom. The van der Waals surface area contributed by atoms with Crippen LogP contribution in [0.3, 0.4) is 0 Å². The first-order valence-corrected chi connectivity index (χ1v) is 7.37. The molecule has 0 atom stereocenters. The van der Waals surface area contributed by atoms with Gasteiger partial charge in [0.15, 0.2) is 23.0 Å². The molecule has 0 aliphatic heterocycles. The molecule has 0 aliphatic carbocycles. The molecule has 3 aromatic heterocycles. The molecule has 0 fully saturated rings. The van der Waals surface area contributed by atoms with Crippen LogP contribution < -0.4 is 9.47 Å². The van der Waals surface area contributed by atoms with Crippen LogP contribution in [-0.4, -0.2) is 43.5 Å². The summed E-state index contributed by atoms with van der Waals surface area (Å²) in [6.45, 7) is 1.94. The zero-order valence-corrected chi connectivity index (χ0v) is 13.8. The number of imidazole rings is 1. The van der Waals surface area contributed by atoms with Crippen LogP contribution in [0.2, 0.25) is 0 Å². The molecule has 8 heteroatoms. The van der Waals surface area contributed by atoms with Crippen LogP contribution in [0.25, 0.3) is 27.9 Å². The molecule has 8 nitrogen and oxygen atoms in total. The van der Waals surface area contributed by atoms with Gasteiger partial charge < -0.3 is 9.47 Å². The lowest BCUT2D eigenvalue weighted by atomic mass is 10.2. The third kappa shape index (κ3) is 1.92. The Labute approximate surface area is 137 Å². The molecular weight excluding hydrogens is 308 g/mol. The van der Waals surface area contributed by atoms with Crippen molar-refractivity contribution in [1.82, 2.24) is 29.3 Å². The Balaban J connectivity index is 2.04. The average Bonchev–Trinajstić information content (AvgIpc) is 3.14. The van der Waals surface area contributed by atoms with E-state index in [-0.39, 0.29) is 0 Å². The smallest absolute Gasteiger partial charge is 0.163 e. The molecule has 3 heterocycles. The maximum Gasteiger partial charge on any atom is 0.163 e. The van der Waals surface area contributed by atoms with Crippen molar-refractivity contribution in [2.75, 3.05) is 14.2 Å². The summed E-state index contributed by atoms with van der Waals surface area (Å²) in [6, 6.07) is 3.74. The summed E-state index contributed by atoms with van der Waals surface area (Å²) in [5.74, 6) is 2.01. The Bertz CT molecular complexity index is 1070. The number of aryl methyl sites for hydroxylation is 2. The van der Waals surface area contributed by atoms with Gasteiger partial charge >= 0.3 is 0 Å². The summed E-state index contributed by atoms with van der Waals surface area (Å²) >= 11 is 0. The zero-order chi connectivity index (χ0) is 16.8. The van der Waals surface area contributed by atoms with Gasteiger partial charge in [-0.3, -0.25) is 9.25 Å². The van der Waals surface area contributed by atoms with Gasteiger partial charge in [-0.05, 0) is 6.92 Å². The molecule has 0 N–H and O–H groups in total. The number of rotatable bonds is 3. The highest BCUT2D eigenvalue weighted by molar-refractivity contribution is 5.89. The number of nitrogens with zero attached hydrogens (tertiary/aromatic N) is 6. The van der Waals surface area contributed by atoms with E-state index in [1.807, 2.05) is 30.7 Å². The van der Waals surface area contributed by atoms with Crippen molar-refractivity contribution in [1.29, 1.82) is 0 Å². The number of hydrogen-bond acceptors (Lipinski definition) is 6. The first-order chi connectivity index (χ1) is 11.6. The van der Waals surface area contributed by atoms with Crippen LogP contribution >= 0.6 is 0 Å². The molecule has 0 amide bonds. The Morgan fingerprint density at radius 2 is 1.75 bits per heavy atom. The van der Waals surface area contributed by atoms with Gasteiger partial charge in [-0.25, -0.2) is 15.0 Å². The summed E-state index contributed by atoms with van der Waals surface area (Å²) in [7, 11) is 5.08. The second-order valence-corrected chi connectivity index (χ2v) is 5.42. The molecule has 0 unspecified atom stereocenters. The van der Waals surface area contributed by atoms with Gasteiger partial charge in [0.1, 0.15) is 12.7 Å². The van der Waals surface area contributed by atoms with E-state index < -0.39 is 0 Å². The number of hydrogen-bond donors (Lipinski definition) is 0. The fraction of sp³-hybridized carbons (Fsp3) is 0.250. The van der Waals surface area contributed by atoms with Crippen molar-refractivity contribution in [3.8, 4) is 17.3 Å². The minimum Gasteiger partial charge on any atom is -0.493 e. The second kappa shape index (κ2) is 5.19. The molecule has 1 aromatic carbocycles. The third-order valence-electron chi connectivity index (χ3n) is 4.06. The van der Waals surface area contributed by atoms with Crippen molar-refractivity contribution in [2.45, 2.75) is 6.92 Å². The summed E-state index contributed by atoms with van der Waals surface area (Å²) < 4.78 is 14.4. The normalized spacial score (nSPS) is 11.3. The lowest BCUT2D eigenvalue weighted by molar-refractivity contribution is 0.355. The molecule has 4 aromatic rings. The summed E-state index contributed by atoms with van der Waals surface area (Å²) in [5.41, 5.74) is 3.31. The highest BCUT2D eigenvalue weighted by Gasteiger charge is 2.17. The minimum atomic E-state index is 0.639. The highest BCUT2D eigenvalue weighted by Crippen LogP contribution is 2.33. The molecule has 0 bridgehead atoms. The molecule has 0 saturated heterocycles. The highest BCUT2D eigenvalue weighted by atomic mass is 16.5. The van der Waals surface area contributed by atoms with E-state index >= 15 is 0 Å². The molecular formula is C16H16N6O2. The monoisotopic (exact) mass is 324 g/mol. The van der Waals surface area contributed by atoms with Crippen LogP contribution in [-0.2, 0) is 7.05 Å². The lowest BCUT2D eigenvalue weighted by Crippen LogP contribution is -2.00. The first-order valence-electron chi connectivity index (χ1n) is 7.37. The first kappa shape index (κ1) is 14.4. The van der Waals surface area contributed by atoms with Crippen molar-refractivity contribution >= 4 is 22.1 Å². The van der Waals surface area contributed by atoms with Crippen LogP contribution in [0.5, 0.6) is 11.5 Å². The SMILES string of the molecule is COc1cc2ncn(-c3ncnc4c3c(C)nn4C)c2cc1OC. The maximum absolute atomic E-state index is 5.40. The fourth-order valence-corrected chi connectivity index (χ4v) is 2.95. The van der Waals surface area contributed by atoms with E-state index in [9.17, 15) is 0 Å². The molecule has 0 spiro atoms. The van der Waals surface area contributed by atoms with Crippen LogP contribution in [0.4, 0.5) is 0 Å². The van der Waals surface area contributed by atoms with Crippen molar-refractivity contribution in [2.24, 2.45) is 7.05 Å². The Hall–Kier alpha value is -3.16. The van der Waals surface area contributed by atoms with Crippen molar-refractivity contribution in [3.05, 3.63) is 30.5 Å². The van der Waals surface area contributed by atoms with Gasteiger partial charge in [0.2, 0.25) is 0 Å². The van der Waals surface area contributed by atoms with Gasteiger partial charge in [0, 0.05) is 19.2 Å². The third-order valence-corrected chi connectivity index (χ3v) is 4.06. The Morgan fingerprint density at radius 3 is 2.50 bits per heavy atom. The predicted octanol–water partition coefficient (Wildman–Crippen LogP) is 2.03. The van der Waals surface area contributed by atoms with Gasteiger partial charge in [-0.1, -0.05) is 0 Å². The van der Waals surface area contributed by atoms with E-state index in [0.29, 0.717) is 11.5 Å². The predicted molar refractivity (Wildman–Crippen MR) is 88.8 cm³/mol. The van der Waals surface area contributed by atoms with Gasteiger partial charge in [-0.15, -0.1) is 0 Å². The van der Waals surface area contributed by atoms with Gasteiger partial charge in [0.25, 0.3) is 0 Å². The average molecular weight is 324 g/mol. The van der Waals surface area contributed by atoms with Crippen LogP contribution in [0, 0.1) is 6.92 Å². The van der Waals surface area contributed by atoms with Gasteiger partial charge in [-0.2, -0.15) is 5.10 Å². The van der Waals surface area contributed by atoms with E-state index in [1.54, 1.807) is 25.2 Å². The number of methoxy groups -OCH3 is 2. The van der Waals surface area contributed by atoms with Gasteiger partial charge in [0.05, 0.1) is 36.3 Å². The van der Waals surface area contributed by atoms with Crippen LogP contribution in [0.15, 0.2) is 24.8 Å².